The number of ether oxygens (including phenoxy) is 1. The quantitative estimate of drug-likeness (QED) is 0.197. The van der Waals surface area contributed by atoms with Gasteiger partial charge in [0, 0.05) is 5.56 Å². The van der Waals surface area contributed by atoms with Gasteiger partial charge in [0.1, 0.15) is 11.5 Å². The van der Waals surface area contributed by atoms with Gasteiger partial charge >= 0.3 is 5.91 Å². The van der Waals surface area contributed by atoms with E-state index in [0.717, 1.165) is 21.4 Å². The molecular formula is C29H26N2O4S. The Hall–Kier alpha value is -3.97. The van der Waals surface area contributed by atoms with Crippen LogP contribution in [0.2, 0.25) is 0 Å². The van der Waals surface area contributed by atoms with E-state index in [-0.39, 0.29) is 11.3 Å². The number of carbonyl (C=O) groups is 2. The van der Waals surface area contributed by atoms with Gasteiger partial charge in [0.15, 0.2) is 5.13 Å². The van der Waals surface area contributed by atoms with Crippen molar-refractivity contribution in [1.82, 2.24) is 4.98 Å². The molecule has 6 nitrogen and oxygen atoms in total. The SMILES string of the molecule is COc1ccc2nc(N3C(=O)C(=O)/C(=C(/O)c4ccc(C)cc4)[C@H]3c3ccc(C(C)C)cc3)sc2c1. The predicted octanol–water partition coefficient (Wildman–Crippen LogP) is 6.36. The molecule has 182 valence electrons. The standard InChI is InChI=1S/C29H26N2O4S/c1-16(2)18-9-11-19(12-10-18)25-24(26(32)20-7-5-17(3)6-8-20)27(33)28(34)31(25)29-30-22-14-13-21(35-4)15-23(22)36-29/h5-16,25,32H,1-4H3/b26-24+/t25-/m1/s1. The van der Waals surface area contributed by atoms with Crippen LogP contribution in [0.15, 0.2) is 72.3 Å². The number of benzene rings is 3. The van der Waals surface area contributed by atoms with Gasteiger partial charge in [-0.15, -0.1) is 0 Å². The largest absolute Gasteiger partial charge is 0.507 e. The van der Waals surface area contributed by atoms with E-state index in [9.17, 15) is 14.7 Å². The molecule has 1 fully saturated rings. The molecule has 1 saturated heterocycles. The lowest BCUT2D eigenvalue weighted by atomic mass is 9.93. The van der Waals surface area contributed by atoms with E-state index in [0.29, 0.717) is 27.9 Å². The summed E-state index contributed by atoms with van der Waals surface area (Å²) in [6.07, 6.45) is 0. The molecule has 1 amide bonds. The number of aromatic nitrogens is 1. The van der Waals surface area contributed by atoms with Crippen molar-refractivity contribution >= 4 is 44.1 Å². The first-order valence-corrected chi connectivity index (χ1v) is 12.5. The molecule has 1 aliphatic heterocycles. The van der Waals surface area contributed by atoms with Crippen molar-refractivity contribution in [3.63, 3.8) is 0 Å². The van der Waals surface area contributed by atoms with Crippen molar-refractivity contribution in [3.8, 4) is 5.75 Å². The Bertz CT molecular complexity index is 1500. The Balaban J connectivity index is 1.70. The number of thiazole rings is 1. The van der Waals surface area contributed by atoms with Crippen molar-refractivity contribution in [3.05, 3.63) is 94.6 Å². The van der Waals surface area contributed by atoms with E-state index in [1.807, 2.05) is 55.5 Å². The molecule has 1 aliphatic rings. The van der Waals surface area contributed by atoms with Crippen molar-refractivity contribution < 1.29 is 19.4 Å². The second-order valence-corrected chi connectivity index (χ2v) is 10.2. The van der Waals surface area contributed by atoms with Gasteiger partial charge in [0.05, 0.1) is 28.9 Å². The summed E-state index contributed by atoms with van der Waals surface area (Å²) in [6, 6.07) is 19.7. The highest BCUT2D eigenvalue weighted by molar-refractivity contribution is 7.22. The van der Waals surface area contributed by atoms with Gasteiger partial charge in [-0.3, -0.25) is 14.5 Å². The summed E-state index contributed by atoms with van der Waals surface area (Å²) in [5.74, 6) is -0.635. The van der Waals surface area contributed by atoms with Gasteiger partial charge in [-0.25, -0.2) is 4.98 Å². The minimum absolute atomic E-state index is 0.0537. The third kappa shape index (κ3) is 4.05. The maximum atomic E-state index is 13.4. The number of anilines is 1. The lowest BCUT2D eigenvalue weighted by Crippen LogP contribution is -2.29. The summed E-state index contributed by atoms with van der Waals surface area (Å²) in [7, 11) is 1.59. The number of aliphatic hydroxyl groups is 1. The highest BCUT2D eigenvalue weighted by atomic mass is 32.1. The van der Waals surface area contributed by atoms with E-state index < -0.39 is 17.7 Å². The van der Waals surface area contributed by atoms with Gasteiger partial charge in [-0.1, -0.05) is 79.3 Å². The van der Waals surface area contributed by atoms with E-state index >= 15 is 0 Å². The molecule has 0 radical (unpaired) electrons. The van der Waals surface area contributed by atoms with Crippen molar-refractivity contribution in [1.29, 1.82) is 0 Å². The van der Waals surface area contributed by atoms with Crippen LogP contribution in [0.5, 0.6) is 5.75 Å². The number of hydrogen-bond acceptors (Lipinski definition) is 6. The average molecular weight is 499 g/mol. The first kappa shape index (κ1) is 23.8. The van der Waals surface area contributed by atoms with Gasteiger partial charge in [-0.05, 0) is 42.2 Å². The number of carbonyl (C=O) groups excluding carboxylic acids is 2. The maximum absolute atomic E-state index is 13.4. The molecule has 1 atom stereocenters. The van der Waals surface area contributed by atoms with Crippen LogP contribution in [-0.4, -0.2) is 28.9 Å². The minimum Gasteiger partial charge on any atom is -0.507 e. The normalized spacial score (nSPS) is 17.4. The summed E-state index contributed by atoms with van der Waals surface area (Å²) in [4.78, 5) is 32.9. The maximum Gasteiger partial charge on any atom is 0.301 e. The van der Waals surface area contributed by atoms with Crippen molar-refractivity contribution in [2.24, 2.45) is 0 Å². The number of rotatable bonds is 5. The number of fused-ring (bicyclic) bond motifs is 1. The molecule has 7 heteroatoms. The highest BCUT2D eigenvalue weighted by Gasteiger charge is 2.48. The Morgan fingerprint density at radius 3 is 2.36 bits per heavy atom. The van der Waals surface area contributed by atoms with Gasteiger partial charge < -0.3 is 9.84 Å². The number of aliphatic hydroxyl groups excluding tert-OH is 1. The fourth-order valence-electron chi connectivity index (χ4n) is 4.40. The molecule has 3 aromatic carbocycles. The number of ketones is 1. The third-order valence-corrected chi connectivity index (χ3v) is 7.50. The molecule has 0 bridgehead atoms. The molecule has 1 N–H and O–H groups in total. The predicted molar refractivity (Wildman–Crippen MR) is 143 cm³/mol. The molecule has 0 unspecified atom stereocenters. The van der Waals surface area contributed by atoms with Gasteiger partial charge in [0.25, 0.3) is 5.78 Å². The topological polar surface area (TPSA) is 79.7 Å². The van der Waals surface area contributed by atoms with Gasteiger partial charge in [0.2, 0.25) is 0 Å². The molecule has 4 aromatic rings. The van der Waals surface area contributed by atoms with Crippen molar-refractivity contribution in [2.75, 3.05) is 12.0 Å². The Labute approximate surface area is 213 Å². The first-order chi connectivity index (χ1) is 17.3. The van der Waals surface area contributed by atoms with Crippen LogP contribution < -0.4 is 9.64 Å². The monoisotopic (exact) mass is 498 g/mol. The summed E-state index contributed by atoms with van der Waals surface area (Å²) in [6.45, 7) is 6.16. The van der Waals surface area contributed by atoms with Crippen LogP contribution in [0.25, 0.3) is 16.0 Å². The van der Waals surface area contributed by atoms with E-state index in [2.05, 4.69) is 18.8 Å². The van der Waals surface area contributed by atoms with Crippen LogP contribution in [-0.2, 0) is 9.59 Å². The highest BCUT2D eigenvalue weighted by Crippen LogP contribution is 2.44. The van der Waals surface area contributed by atoms with E-state index in [1.54, 1.807) is 25.3 Å². The van der Waals surface area contributed by atoms with E-state index in [4.69, 9.17) is 4.74 Å². The lowest BCUT2D eigenvalue weighted by Gasteiger charge is -2.23. The summed E-state index contributed by atoms with van der Waals surface area (Å²) in [5, 5.41) is 11.7. The zero-order valence-corrected chi connectivity index (χ0v) is 21.3. The van der Waals surface area contributed by atoms with Gasteiger partial charge in [-0.2, -0.15) is 0 Å². The third-order valence-electron chi connectivity index (χ3n) is 6.48. The Morgan fingerprint density at radius 2 is 1.72 bits per heavy atom. The number of hydrogen-bond donors (Lipinski definition) is 1. The molecular weight excluding hydrogens is 472 g/mol. The zero-order valence-electron chi connectivity index (χ0n) is 20.5. The summed E-state index contributed by atoms with van der Waals surface area (Å²) in [5.41, 5.74) is 4.13. The fourth-order valence-corrected chi connectivity index (χ4v) is 5.42. The van der Waals surface area contributed by atoms with Crippen LogP contribution in [0.4, 0.5) is 5.13 Å². The summed E-state index contributed by atoms with van der Waals surface area (Å²) < 4.78 is 6.16. The number of aryl methyl sites for hydroxylation is 1. The number of methoxy groups -OCH3 is 1. The molecule has 0 aliphatic carbocycles. The molecule has 0 spiro atoms. The summed E-state index contributed by atoms with van der Waals surface area (Å²) >= 11 is 1.31. The van der Waals surface area contributed by atoms with Crippen LogP contribution >= 0.6 is 11.3 Å². The fraction of sp³-hybridized carbons (Fsp3) is 0.207. The first-order valence-electron chi connectivity index (χ1n) is 11.7. The van der Waals surface area contributed by atoms with E-state index in [1.165, 1.54) is 16.2 Å². The second kappa shape index (κ2) is 9.24. The smallest absolute Gasteiger partial charge is 0.301 e. The molecule has 2 heterocycles. The lowest BCUT2D eigenvalue weighted by molar-refractivity contribution is -0.132. The van der Waals surface area contributed by atoms with Crippen LogP contribution in [0, 0.1) is 6.92 Å². The number of amides is 1. The molecule has 1 aromatic heterocycles. The number of Topliss-reactive ketones (excluding diaryl/α,β-unsaturated/α-hetero) is 1. The Kier molecular flexibility index (Phi) is 6.10. The Morgan fingerprint density at radius 1 is 1.03 bits per heavy atom. The van der Waals surface area contributed by atoms with Crippen LogP contribution in [0.3, 0.4) is 0 Å². The molecule has 5 rings (SSSR count). The number of nitrogens with zero attached hydrogens (tertiary/aromatic N) is 2. The molecule has 0 saturated carbocycles. The van der Waals surface area contributed by atoms with Crippen LogP contribution in [0.1, 0.15) is 48.1 Å². The zero-order chi connectivity index (χ0) is 25.6. The molecule has 36 heavy (non-hydrogen) atoms. The van der Waals surface area contributed by atoms with Crippen molar-refractivity contribution in [2.45, 2.75) is 32.7 Å². The second-order valence-electron chi connectivity index (χ2n) is 9.19. The average Bonchev–Trinajstić information content (AvgIpc) is 3.41. The minimum atomic E-state index is -0.810.